The first-order chi connectivity index (χ1) is 9.28. The number of nitrogens with zero attached hydrogens (tertiary/aromatic N) is 1. The number of carbonyl (C=O) groups excluding carboxylic acids is 1. The van der Waals surface area contributed by atoms with Gasteiger partial charge >= 0.3 is 0 Å². The normalized spacial score (nSPS) is 16.3. The number of benzene rings is 1. The summed E-state index contributed by atoms with van der Waals surface area (Å²) in [6.07, 6.45) is 0. The highest BCUT2D eigenvalue weighted by molar-refractivity contribution is 5.92. The Hall–Kier alpha value is -1.43. The Balaban J connectivity index is 1.85. The summed E-state index contributed by atoms with van der Waals surface area (Å²) < 4.78 is 5.08. The smallest absolute Gasteiger partial charge is 0.238 e. The van der Waals surface area contributed by atoms with Gasteiger partial charge in [-0.25, -0.2) is 0 Å². The zero-order valence-corrected chi connectivity index (χ0v) is 11.3. The Morgan fingerprint density at radius 2 is 2.21 bits per heavy atom. The van der Waals surface area contributed by atoms with Crippen LogP contribution in [-0.4, -0.2) is 50.6 Å². The molecule has 1 aromatic rings. The lowest BCUT2D eigenvalue weighted by Gasteiger charge is -2.26. The van der Waals surface area contributed by atoms with Gasteiger partial charge in [0.25, 0.3) is 0 Å². The summed E-state index contributed by atoms with van der Waals surface area (Å²) in [6.45, 7) is 4.78. The second kappa shape index (κ2) is 7.23. The molecule has 19 heavy (non-hydrogen) atoms. The molecule has 104 valence electrons. The fourth-order valence-electron chi connectivity index (χ4n) is 2.18. The first-order valence-electron chi connectivity index (χ1n) is 6.59. The van der Waals surface area contributed by atoms with Gasteiger partial charge in [0, 0.05) is 39.0 Å². The molecule has 1 aliphatic heterocycles. The zero-order chi connectivity index (χ0) is 13.5. The summed E-state index contributed by atoms with van der Waals surface area (Å²) in [5, 5.41) is 6.20. The molecule has 1 heterocycles. The molecule has 0 atom stereocenters. The van der Waals surface area contributed by atoms with Crippen LogP contribution in [0.3, 0.4) is 0 Å². The zero-order valence-electron chi connectivity index (χ0n) is 11.3. The van der Waals surface area contributed by atoms with Crippen LogP contribution in [0.4, 0.5) is 5.69 Å². The van der Waals surface area contributed by atoms with Gasteiger partial charge in [-0.15, -0.1) is 0 Å². The minimum atomic E-state index is 0.0384. The SMILES string of the molecule is COCc1cccc(NC(=O)CN2CCNCC2)c1. The van der Waals surface area contributed by atoms with Crippen LogP contribution in [-0.2, 0) is 16.1 Å². The van der Waals surface area contributed by atoms with Crippen LogP contribution in [0, 0.1) is 0 Å². The van der Waals surface area contributed by atoms with Crippen LogP contribution in [0.1, 0.15) is 5.56 Å². The maximum absolute atomic E-state index is 11.9. The first-order valence-corrected chi connectivity index (χ1v) is 6.59. The molecule has 1 saturated heterocycles. The van der Waals surface area contributed by atoms with Crippen molar-refractivity contribution >= 4 is 11.6 Å². The highest BCUT2D eigenvalue weighted by atomic mass is 16.5. The molecule has 1 fully saturated rings. The van der Waals surface area contributed by atoms with Crippen LogP contribution in [0.15, 0.2) is 24.3 Å². The van der Waals surface area contributed by atoms with Crippen molar-refractivity contribution in [3.63, 3.8) is 0 Å². The monoisotopic (exact) mass is 263 g/mol. The van der Waals surface area contributed by atoms with E-state index < -0.39 is 0 Å². The number of rotatable bonds is 5. The third kappa shape index (κ3) is 4.63. The molecule has 1 amide bonds. The van der Waals surface area contributed by atoms with Crippen LogP contribution < -0.4 is 10.6 Å². The van der Waals surface area contributed by atoms with Crippen molar-refractivity contribution in [2.45, 2.75) is 6.61 Å². The average Bonchev–Trinajstić information content (AvgIpc) is 2.40. The molecule has 2 N–H and O–H groups in total. The van der Waals surface area contributed by atoms with Gasteiger partial charge in [-0.3, -0.25) is 9.69 Å². The molecule has 0 unspecified atom stereocenters. The van der Waals surface area contributed by atoms with E-state index in [1.807, 2.05) is 24.3 Å². The van der Waals surface area contributed by atoms with E-state index in [-0.39, 0.29) is 5.91 Å². The topological polar surface area (TPSA) is 53.6 Å². The number of ether oxygens (including phenoxy) is 1. The van der Waals surface area contributed by atoms with Gasteiger partial charge in [0.15, 0.2) is 0 Å². The Kier molecular flexibility index (Phi) is 5.32. The third-order valence-electron chi connectivity index (χ3n) is 3.10. The quantitative estimate of drug-likeness (QED) is 0.820. The summed E-state index contributed by atoms with van der Waals surface area (Å²) in [4.78, 5) is 14.1. The number of carbonyl (C=O) groups is 1. The second-order valence-electron chi connectivity index (χ2n) is 4.71. The van der Waals surface area contributed by atoms with E-state index in [2.05, 4.69) is 15.5 Å². The molecule has 0 spiro atoms. The summed E-state index contributed by atoms with van der Waals surface area (Å²) in [5.41, 5.74) is 1.89. The summed E-state index contributed by atoms with van der Waals surface area (Å²) >= 11 is 0. The number of methoxy groups -OCH3 is 1. The number of anilines is 1. The highest BCUT2D eigenvalue weighted by Gasteiger charge is 2.13. The Bertz CT molecular complexity index is 417. The molecule has 5 heteroatoms. The van der Waals surface area contributed by atoms with Gasteiger partial charge < -0.3 is 15.4 Å². The number of hydrogen-bond acceptors (Lipinski definition) is 4. The van der Waals surface area contributed by atoms with E-state index in [4.69, 9.17) is 4.74 Å². The second-order valence-corrected chi connectivity index (χ2v) is 4.71. The van der Waals surface area contributed by atoms with Crippen molar-refractivity contribution in [2.24, 2.45) is 0 Å². The van der Waals surface area contributed by atoms with Gasteiger partial charge in [-0.1, -0.05) is 12.1 Å². The highest BCUT2D eigenvalue weighted by Crippen LogP contribution is 2.11. The maximum Gasteiger partial charge on any atom is 0.238 e. The molecule has 0 saturated carbocycles. The third-order valence-corrected chi connectivity index (χ3v) is 3.10. The largest absolute Gasteiger partial charge is 0.380 e. The van der Waals surface area contributed by atoms with Crippen molar-refractivity contribution in [1.29, 1.82) is 0 Å². The van der Waals surface area contributed by atoms with Crippen molar-refractivity contribution in [1.82, 2.24) is 10.2 Å². The van der Waals surface area contributed by atoms with Gasteiger partial charge in [-0.05, 0) is 17.7 Å². The molecule has 0 radical (unpaired) electrons. The van der Waals surface area contributed by atoms with E-state index in [0.717, 1.165) is 37.4 Å². The Morgan fingerprint density at radius 1 is 1.42 bits per heavy atom. The minimum Gasteiger partial charge on any atom is -0.380 e. The lowest BCUT2D eigenvalue weighted by Crippen LogP contribution is -2.46. The fraction of sp³-hybridized carbons (Fsp3) is 0.500. The molecule has 1 aromatic carbocycles. The van der Waals surface area contributed by atoms with Crippen molar-refractivity contribution in [2.75, 3.05) is 45.2 Å². The Morgan fingerprint density at radius 3 is 2.95 bits per heavy atom. The number of amides is 1. The number of piperazine rings is 1. The van der Waals surface area contributed by atoms with E-state index in [1.54, 1.807) is 7.11 Å². The summed E-state index contributed by atoms with van der Waals surface area (Å²) in [6, 6.07) is 7.75. The van der Waals surface area contributed by atoms with Gasteiger partial charge in [0.2, 0.25) is 5.91 Å². The number of nitrogens with one attached hydrogen (secondary N) is 2. The van der Waals surface area contributed by atoms with E-state index in [1.165, 1.54) is 0 Å². The standard InChI is InChI=1S/C14H21N3O2/c1-19-11-12-3-2-4-13(9-12)16-14(18)10-17-7-5-15-6-8-17/h2-4,9,15H,5-8,10-11H2,1H3,(H,16,18). The summed E-state index contributed by atoms with van der Waals surface area (Å²) in [7, 11) is 1.66. The molecule has 0 aliphatic carbocycles. The van der Waals surface area contributed by atoms with Crippen LogP contribution in [0.5, 0.6) is 0 Å². The number of hydrogen-bond donors (Lipinski definition) is 2. The van der Waals surface area contributed by atoms with Gasteiger partial charge in [0.1, 0.15) is 0 Å². The van der Waals surface area contributed by atoms with E-state index in [9.17, 15) is 4.79 Å². The van der Waals surface area contributed by atoms with E-state index in [0.29, 0.717) is 13.2 Å². The first kappa shape index (κ1) is 14.0. The van der Waals surface area contributed by atoms with Crippen molar-refractivity contribution in [3.05, 3.63) is 29.8 Å². The predicted octanol–water partition coefficient (Wildman–Crippen LogP) is 0.677. The molecule has 0 aromatic heterocycles. The molecular weight excluding hydrogens is 242 g/mol. The lowest BCUT2D eigenvalue weighted by molar-refractivity contribution is -0.117. The van der Waals surface area contributed by atoms with Crippen LogP contribution in [0.2, 0.25) is 0 Å². The minimum absolute atomic E-state index is 0.0384. The molecular formula is C14H21N3O2. The average molecular weight is 263 g/mol. The fourth-order valence-corrected chi connectivity index (χ4v) is 2.18. The van der Waals surface area contributed by atoms with Crippen LogP contribution in [0.25, 0.3) is 0 Å². The molecule has 0 bridgehead atoms. The van der Waals surface area contributed by atoms with Gasteiger partial charge in [-0.2, -0.15) is 0 Å². The van der Waals surface area contributed by atoms with E-state index >= 15 is 0 Å². The maximum atomic E-state index is 11.9. The summed E-state index contributed by atoms with van der Waals surface area (Å²) in [5.74, 6) is 0.0384. The van der Waals surface area contributed by atoms with Crippen LogP contribution >= 0.6 is 0 Å². The predicted molar refractivity (Wildman–Crippen MR) is 75.1 cm³/mol. The van der Waals surface area contributed by atoms with Crippen molar-refractivity contribution < 1.29 is 9.53 Å². The van der Waals surface area contributed by atoms with Gasteiger partial charge in [0.05, 0.1) is 13.2 Å². The van der Waals surface area contributed by atoms with Crippen molar-refractivity contribution in [3.8, 4) is 0 Å². The molecule has 2 rings (SSSR count). The Labute approximate surface area is 113 Å². The lowest BCUT2D eigenvalue weighted by atomic mass is 10.2. The molecule has 1 aliphatic rings. The molecule has 5 nitrogen and oxygen atoms in total.